The number of unbranched alkanes of at least 4 members (excludes halogenated alkanes) is 1. The summed E-state index contributed by atoms with van der Waals surface area (Å²) in [7, 11) is 0. The van der Waals surface area contributed by atoms with E-state index in [2.05, 4.69) is 17.5 Å². The number of fused-ring (bicyclic) bond motifs is 3. The smallest absolute Gasteiger partial charge is 0.303 e. The van der Waals surface area contributed by atoms with Crippen LogP contribution in [-0.2, 0) is 4.79 Å². The average Bonchev–Trinajstić information content (AvgIpc) is 3.39. The summed E-state index contributed by atoms with van der Waals surface area (Å²) in [4.78, 5) is 23.6. The van der Waals surface area contributed by atoms with Crippen molar-refractivity contribution in [1.82, 2.24) is 5.32 Å². The summed E-state index contributed by atoms with van der Waals surface area (Å²) in [6.45, 7) is 0. The van der Waals surface area contributed by atoms with Crippen molar-refractivity contribution in [2.45, 2.75) is 51.0 Å². The first-order chi connectivity index (χ1) is 14.0. The Morgan fingerprint density at radius 1 is 1.21 bits per heavy atom. The van der Waals surface area contributed by atoms with Crippen LogP contribution in [0.4, 0.5) is 0 Å². The lowest BCUT2D eigenvalue weighted by Crippen LogP contribution is -2.43. The lowest BCUT2D eigenvalue weighted by molar-refractivity contribution is -0.137. The molecule has 4 rings (SSSR count). The zero-order valence-corrected chi connectivity index (χ0v) is 17.2. The number of aliphatic carboxylic acids is 1. The van der Waals surface area contributed by atoms with Crippen LogP contribution < -0.4 is 5.32 Å². The predicted molar refractivity (Wildman–Crippen MR) is 114 cm³/mol. The van der Waals surface area contributed by atoms with Crippen LogP contribution in [-0.4, -0.2) is 28.1 Å². The van der Waals surface area contributed by atoms with E-state index in [-0.39, 0.29) is 24.1 Å². The van der Waals surface area contributed by atoms with Gasteiger partial charge in [-0.1, -0.05) is 12.2 Å². The van der Waals surface area contributed by atoms with Crippen LogP contribution in [0.25, 0.3) is 10.1 Å². The number of allylic oxidation sites excluding steroid dienone is 2. The standard InChI is InChI=1S/C23H27NO4S/c25-16-9-10-20-18(12-16)19(13-29-20)23(28)24-22-15-8-7-14(11-15)17(22)5-3-1-2-4-6-21(26)27/h1,3,9-10,12-15,17,22,25H,2,4-8,11H2,(H,24,28)(H,26,27)/b3-1-/t14-,15+,17+,22+/m1/s1. The number of carboxylic acids is 1. The highest BCUT2D eigenvalue weighted by Crippen LogP contribution is 2.50. The van der Waals surface area contributed by atoms with Crippen molar-refractivity contribution in [3.05, 3.63) is 41.3 Å². The molecule has 3 N–H and O–H groups in total. The number of carboxylic acid groups (broad SMARTS) is 1. The molecule has 5 nitrogen and oxygen atoms in total. The van der Waals surface area contributed by atoms with Crippen molar-refractivity contribution in [1.29, 1.82) is 0 Å². The Hall–Kier alpha value is -2.34. The van der Waals surface area contributed by atoms with Gasteiger partial charge in [0.2, 0.25) is 0 Å². The van der Waals surface area contributed by atoms with Crippen molar-refractivity contribution in [3.63, 3.8) is 0 Å². The molecule has 1 aromatic heterocycles. The molecule has 4 atom stereocenters. The van der Waals surface area contributed by atoms with E-state index in [4.69, 9.17) is 5.11 Å². The Kier molecular flexibility index (Phi) is 5.90. The lowest BCUT2D eigenvalue weighted by Gasteiger charge is -2.31. The third-order valence-electron chi connectivity index (χ3n) is 6.52. The molecule has 0 spiro atoms. The molecule has 2 aliphatic carbocycles. The number of phenolic OH excluding ortho intramolecular Hbond substituents is 1. The van der Waals surface area contributed by atoms with Gasteiger partial charge in [-0.3, -0.25) is 9.59 Å². The van der Waals surface area contributed by atoms with Crippen molar-refractivity contribution in [2.24, 2.45) is 17.8 Å². The van der Waals surface area contributed by atoms with Gasteiger partial charge >= 0.3 is 5.97 Å². The quantitative estimate of drug-likeness (QED) is 0.422. The van der Waals surface area contributed by atoms with Crippen LogP contribution >= 0.6 is 11.3 Å². The second kappa shape index (κ2) is 8.57. The van der Waals surface area contributed by atoms with Gasteiger partial charge in [-0.05, 0) is 74.5 Å². The number of benzene rings is 1. The minimum absolute atomic E-state index is 0.0464. The first-order valence-corrected chi connectivity index (χ1v) is 11.3. The molecule has 29 heavy (non-hydrogen) atoms. The topological polar surface area (TPSA) is 86.6 Å². The van der Waals surface area contributed by atoms with Crippen LogP contribution in [0, 0.1) is 17.8 Å². The van der Waals surface area contributed by atoms with Gasteiger partial charge in [0.15, 0.2) is 0 Å². The SMILES string of the molecule is O=C(O)CCC/C=C\C[C@H]1[C@@H]2CC[C@@H](C2)[C@@H]1NC(=O)c1csc2ccc(O)cc12. The molecular weight excluding hydrogens is 386 g/mol. The van der Waals surface area contributed by atoms with Gasteiger partial charge in [-0.15, -0.1) is 11.3 Å². The zero-order chi connectivity index (χ0) is 20.4. The third-order valence-corrected chi connectivity index (χ3v) is 7.49. The third kappa shape index (κ3) is 4.32. The van der Waals surface area contributed by atoms with Crippen LogP contribution in [0.1, 0.15) is 55.3 Å². The molecule has 0 aliphatic heterocycles. The maximum absolute atomic E-state index is 13.0. The number of thiophene rings is 1. The number of amides is 1. The van der Waals surface area contributed by atoms with Crippen LogP contribution in [0.3, 0.4) is 0 Å². The van der Waals surface area contributed by atoms with Gasteiger partial charge in [0.1, 0.15) is 5.75 Å². The van der Waals surface area contributed by atoms with E-state index in [9.17, 15) is 14.7 Å². The van der Waals surface area contributed by atoms with Gasteiger partial charge < -0.3 is 15.5 Å². The minimum atomic E-state index is -0.747. The zero-order valence-electron chi connectivity index (χ0n) is 16.3. The van der Waals surface area contributed by atoms with Crippen molar-refractivity contribution in [2.75, 3.05) is 0 Å². The Balaban J connectivity index is 1.41. The molecular formula is C23H27NO4S. The van der Waals surface area contributed by atoms with Crippen molar-refractivity contribution >= 4 is 33.3 Å². The monoisotopic (exact) mass is 413 g/mol. The fourth-order valence-electron chi connectivity index (χ4n) is 5.14. The summed E-state index contributed by atoms with van der Waals surface area (Å²) in [5, 5.41) is 24.5. The first kappa shape index (κ1) is 20.0. The Labute approximate surface area is 174 Å². The molecule has 2 saturated carbocycles. The molecule has 2 fully saturated rings. The molecule has 154 valence electrons. The molecule has 2 bridgehead atoms. The Morgan fingerprint density at radius 2 is 2.03 bits per heavy atom. The molecule has 6 heteroatoms. The van der Waals surface area contributed by atoms with Crippen molar-refractivity contribution < 1.29 is 19.8 Å². The summed E-state index contributed by atoms with van der Waals surface area (Å²) in [6, 6.07) is 5.35. The normalized spacial score (nSPS) is 25.8. The van der Waals surface area contributed by atoms with Gasteiger partial charge in [0, 0.05) is 27.9 Å². The van der Waals surface area contributed by atoms with Gasteiger partial charge in [-0.25, -0.2) is 0 Å². The molecule has 2 aliphatic rings. The number of carbonyl (C=O) groups is 2. The maximum Gasteiger partial charge on any atom is 0.303 e. The number of rotatable bonds is 8. The fraction of sp³-hybridized carbons (Fsp3) is 0.478. The molecule has 0 radical (unpaired) electrons. The first-order valence-electron chi connectivity index (χ1n) is 10.4. The number of hydrogen-bond donors (Lipinski definition) is 3. The fourth-order valence-corrected chi connectivity index (χ4v) is 6.06. The van der Waals surface area contributed by atoms with E-state index in [0.29, 0.717) is 29.7 Å². The van der Waals surface area contributed by atoms with E-state index >= 15 is 0 Å². The largest absolute Gasteiger partial charge is 0.508 e. The number of phenols is 1. The summed E-state index contributed by atoms with van der Waals surface area (Å²) in [5.41, 5.74) is 0.645. The molecule has 0 saturated heterocycles. The second-order valence-electron chi connectivity index (χ2n) is 8.32. The summed E-state index contributed by atoms with van der Waals surface area (Å²) in [6.07, 6.45) is 10.5. The number of aromatic hydroxyl groups is 1. The Morgan fingerprint density at radius 3 is 2.86 bits per heavy atom. The van der Waals surface area contributed by atoms with E-state index in [1.807, 2.05) is 11.4 Å². The number of hydrogen-bond acceptors (Lipinski definition) is 4. The number of nitrogens with one attached hydrogen (secondary N) is 1. The van der Waals surface area contributed by atoms with Crippen LogP contribution in [0.2, 0.25) is 0 Å². The van der Waals surface area contributed by atoms with Gasteiger partial charge in [0.05, 0.1) is 5.56 Å². The van der Waals surface area contributed by atoms with E-state index in [1.165, 1.54) is 30.6 Å². The van der Waals surface area contributed by atoms with Gasteiger partial charge in [0.25, 0.3) is 5.91 Å². The van der Waals surface area contributed by atoms with E-state index < -0.39 is 5.97 Å². The molecule has 0 unspecified atom stereocenters. The van der Waals surface area contributed by atoms with E-state index in [0.717, 1.165) is 22.9 Å². The van der Waals surface area contributed by atoms with E-state index in [1.54, 1.807) is 12.1 Å². The summed E-state index contributed by atoms with van der Waals surface area (Å²) in [5.74, 6) is 1.05. The second-order valence-corrected chi connectivity index (χ2v) is 9.23. The summed E-state index contributed by atoms with van der Waals surface area (Å²) >= 11 is 1.52. The molecule has 1 amide bonds. The van der Waals surface area contributed by atoms with Crippen LogP contribution in [0.15, 0.2) is 35.7 Å². The minimum Gasteiger partial charge on any atom is -0.508 e. The van der Waals surface area contributed by atoms with Crippen LogP contribution in [0.5, 0.6) is 5.75 Å². The highest BCUT2D eigenvalue weighted by atomic mass is 32.1. The highest BCUT2D eigenvalue weighted by molar-refractivity contribution is 7.17. The molecule has 1 heterocycles. The highest BCUT2D eigenvalue weighted by Gasteiger charge is 2.47. The van der Waals surface area contributed by atoms with Crippen molar-refractivity contribution in [3.8, 4) is 5.75 Å². The Bertz CT molecular complexity index is 934. The average molecular weight is 414 g/mol. The molecule has 2 aromatic rings. The van der Waals surface area contributed by atoms with Gasteiger partial charge in [-0.2, -0.15) is 0 Å². The summed E-state index contributed by atoms with van der Waals surface area (Å²) < 4.78 is 1.00. The molecule has 1 aromatic carbocycles. The maximum atomic E-state index is 13.0. The lowest BCUT2D eigenvalue weighted by atomic mass is 9.82. The predicted octanol–water partition coefficient (Wildman–Crippen LogP) is 4.95. The number of carbonyl (C=O) groups excluding carboxylic acids is 1.